The van der Waals surface area contributed by atoms with E-state index in [-0.39, 0.29) is 6.04 Å². The molecule has 0 aliphatic carbocycles. The number of nitrogens with zero attached hydrogens (tertiary/aromatic N) is 2. The molecule has 0 spiro atoms. The predicted molar refractivity (Wildman–Crippen MR) is 85.9 cm³/mol. The lowest BCUT2D eigenvalue weighted by molar-refractivity contribution is 0.138. The first kappa shape index (κ1) is 15.5. The number of hydrogen-bond acceptors (Lipinski definition) is 3. The molecule has 2 rings (SSSR count). The second-order valence-electron chi connectivity index (χ2n) is 6.26. The van der Waals surface area contributed by atoms with Crippen LogP contribution in [0.3, 0.4) is 0 Å². The Balaban J connectivity index is 1.69. The van der Waals surface area contributed by atoms with Gasteiger partial charge in [0, 0.05) is 18.6 Å². The Labute approximate surface area is 123 Å². The Hall–Kier alpha value is -0.900. The zero-order chi connectivity index (χ0) is 14.4. The fraction of sp³-hybridized carbons (Fsp3) is 0.647. The van der Waals surface area contributed by atoms with Crippen LogP contribution in [0.25, 0.3) is 0 Å². The van der Waals surface area contributed by atoms with Crippen LogP contribution < -0.4 is 5.73 Å². The third-order valence-corrected chi connectivity index (χ3v) is 4.48. The molecule has 2 N–H and O–H groups in total. The van der Waals surface area contributed by atoms with Crippen molar-refractivity contribution in [3.63, 3.8) is 0 Å². The maximum Gasteiger partial charge on any atom is 0.0170 e. The van der Waals surface area contributed by atoms with E-state index in [1.165, 1.54) is 31.5 Å². The van der Waals surface area contributed by atoms with Gasteiger partial charge in [-0.25, -0.2) is 0 Å². The molecule has 0 bridgehead atoms. The minimum Gasteiger partial charge on any atom is -0.327 e. The van der Waals surface area contributed by atoms with E-state index in [1.54, 1.807) is 0 Å². The van der Waals surface area contributed by atoms with Crippen molar-refractivity contribution in [1.82, 2.24) is 9.80 Å². The number of hydrogen-bond donors (Lipinski definition) is 1. The summed E-state index contributed by atoms with van der Waals surface area (Å²) in [5.41, 5.74) is 7.70. The number of likely N-dealkylation sites (tertiary alicyclic amines) is 1. The molecule has 1 aromatic carbocycles. The van der Waals surface area contributed by atoms with Crippen LogP contribution in [0.4, 0.5) is 0 Å². The molecule has 1 atom stereocenters. The van der Waals surface area contributed by atoms with E-state index in [0.29, 0.717) is 6.04 Å². The quantitative estimate of drug-likeness (QED) is 0.861. The lowest BCUT2D eigenvalue weighted by Gasteiger charge is -2.36. The summed E-state index contributed by atoms with van der Waals surface area (Å²) in [5.74, 6) is 0. The van der Waals surface area contributed by atoms with Gasteiger partial charge < -0.3 is 15.5 Å². The number of aryl methyl sites for hydroxylation is 1. The fourth-order valence-corrected chi connectivity index (χ4v) is 3.04. The van der Waals surface area contributed by atoms with Crippen LogP contribution in [-0.4, -0.2) is 55.6 Å². The Morgan fingerprint density at radius 2 is 1.90 bits per heavy atom. The van der Waals surface area contributed by atoms with Gasteiger partial charge in [0.2, 0.25) is 0 Å². The van der Waals surface area contributed by atoms with E-state index < -0.39 is 0 Å². The second-order valence-corrected chi connectivity index (χ2v) is 6.26. The Kier molecular flexibility index (Phi) is 6.02. The van der Waals surface area contributed by atoms with Gasteiger partial charge in [-0.15, -0.1) is 0 Å². The lowest BCUT2D eigenvalue weighted by Crippen LogP contribution is -2.46. The SMILES string of the molecule is CN1CCC(N(C)CC(N)CCc2ccccc2)CC1. The summed E-state index contributed by atoms with van der Waals surface area (Å²) in [6, 6.07) is 11.6. The number of benzene rings is 1. The molecule has 1 aromatic rings. The van der Waals surface area contributed by atoms with Crippen molar-refractivity contribution in [1.29, 1.82) is 0 Å². The average Bonchev–Trinajstić information content (AvgIpc) is 2.47. The first-order valence-corrected chi connectivity index (χ1v) is 7.83. The molecule has 1 aliphatic rings. The third-order valence-electron chi connectivity index (χ3n) is 4.48. The average molecular weight is 275 g/mol. The van der Waals surface area contributed by atoms with E-state index >= 15 is 0 Å². The number of likely N-dealkylation sites (N-methyl/N-ethyl adjacent to an activating group) is 1. The minimum absolute atomic E-state index is 0.278. The van der Waals surface area contributed by atoms with E-state index in [4.69, 9.17) is 5.73 Å². The smallest absolute Gasteiger partial charge is 0.0170 e. The number of rotatable bonds is 6. The van der Waals surface area contributed by atoms with Crippen LogP contribution in [0.5, 0.6) is 0 Å². The van der Waals surface area contributed by atoms with E-state index in [9.17, 15) is 0 Å². The molecular weight excluding hydrogens is 246 g/mol. The normalized spacial score (nSPS) is 19.4. The van der Waals surface area contributed by atoms with E-state index in [0.717, 1.165) is 19.4 Å². The van der Waals surface area contributed by atoms with Gasteiger partial charge in [0.1, 0.15) is 0 Å². The molecule has 112 valence electrons. The van der Waals surface area contributed by atoms with Gasteiger partial charge in [0.25, 0.3) is 0 Å². The van der Waals surface area contributed by atoms with Gasteiger partial charge in [-0.1, -0.05) is 30.3 Å². The molecule has 0 saturated carbocycles. The Morgan fingerprint density at radius 3 is 2.55 bits per heavy atom. The topological polar surface area (TPSA) is 32.5 Å². The van der Waals surface area contributed by atoms with Crippen LogP contribution >= 0.6 is 0 Å². The molecule has 1 aliphatic heterocycles. The molecule has 1 saturated heterocycles. The minimum atomic E-state index is 0.278. The molecule has 3 nitrogen and oxygen atoms in total. The first-order chi connectivity index (χ1) is 9.65. The van der Waals surface area contributed by atoms with Crippen molar-refractivity contribution in [2.24, 2.45) is 5.73 Å². The van der Waals surface area contributed by atoms with Crippen molar-refractivity contribution in [3.8, 4) is 0 Å². The highest BCUT2D eigenvalue weighted by Crippen LogP contribution is 2.14. The van der Waals surface area contributed by atoms with Crippen molar-refractivity contribution in [2.45, 2.75) is 37.8 Å². The lowest BCUT2D eigenvalue weighted by atomic mass is 10.0. The van der Waals surface area contributed by atoms with Gasteiger partial charge >= 0.3 is 0 Å². The summed E-state index contributed by atoms with van der Waals surface area (Å²) < 4.78 is 0. The number of nitrogens with two attached hydrogens (primary N) is 1. The summed E-state index contributed by atoms with van der Waals surface area (Å²) in [6.45, 7) is 3.45. The van der Waals surface area contributed by atoms with Crippen LogP contribution in [0.15, 0.2) is 30.3 Å². The van der Waals surface area contributed by atoms with Crippen molar-refractivity contribution in [3.05, 3.63) is 35.9 Å². The number of piperidine rings is 1. The molecule has 0 amide bonds. The molecule has 1 unspecified atom stereocenters. The highest BCUT2D eigenvalue weighted by Gasteiger charge is 2.21. The van der Waals surface area contributed by atoms with Crippen LogP contribution in [0.1, 0.15) is 24.8 Å². The maximum atomic E-state index is 6.30. The molecular formula is C17H29N3. The van der Waals surface area contributed by atoms with Gasteiger partial charge in [-0.05, 0) is 58.4 Å². The predicted octanol–water partition coefficient (Wildman–Crippen LogP) is 1.97. The molecule has 1 fully saturated rings. The van der Waals surface area contributed by atoms with Crippen molar-refractivity contribution >= 4 is 0 Å². The largest absolute Gasteiger partial charge is 0.327 e. The Morgan fingerprint density at radius 1 is 1.25 bits per heavy atom. The van der Waals surface area contributed by atoms with Gasteiger partial charge in [0.05, 0.1) is 0 Å². The monoisotopic (exact) mass is 275 g/mol. The van der Waals surface area contributed by atoms with Crippen LogP contribution in [0.2, 0.25) is 0 Å². The molecule has 20 heavy (non-hydrogen) atoms. The second kappa shape index (κ2) is 7.77. The Bertz CT molecular complexity index is 371. The third kappa shape index (κ3) is 4.89. The highest BCUT2D eigenvalue weighted by atomic mass is 15.2. The molecule has 1 heterocycles. The first-order valence-electron chi connectivity index (χ1n) is 7.83. The van der Waals surface area contributed by atoms with Gasteiger partial charge in [0.15, 0.2) is 0 Å². The highest BCUT2D eigenvalue weighted by molar-refractivity contribution is 5.14. The zero-order valence-corrected chi connectivity index (χ0v) is 13.0. The summed E-state index contributed by atoms with van der Waals surface area (Å²) in [7, 11) is 4.44. The summed E-state index contributed by atoms with van der Waals surface area (Å²) in [5, 5.41) is 0. The standard InChI is InChI=1S/C17H29N3/c1-19-12-10-17(11-13-19)20(2)14-16(18)9-8-15-6-4-3-5-7-15/h3-7,16-17H,8-14,18H2,1-2H3. The summed E-state index contributed by atoms with van der Waals surface area (Å²) >= 11 is 0. The van der Waals surface area contributed by atoms with Crippen LogP contribution in [-0.2, 0) is 6.42 Å². The van der Waals surface area contributed by atoms with Crippen molar-refractivity contribution < 1.29 is 0 Å². The zero-order valence-electron chi connectivity index (χ0n) is 13.0. The summed E-state index contributed by atoms with van der Waals surface area (Å²) in [4.78, 5) is 4.89. The molecule has 0 radical (unpaired) electrons. The van der Waals surface area contributed by atoms with E-state index in [1.807, 2.05) is 0 Å². The summed E-state index contributed by atoms with van der Waals surface area (Å²) in [6.07, 6.45) is 4.71. The van der Waals surface area contributed by atoms with Crippen molar-refractivity contribution in [2.75, 3.05) is 33.7 Å². The van der Waals surface area contributed by atoms with Gasteiger partial charge in [-0.2, -0.15) is 0 Å². The fourth-order valence-electron chi connectivity index (χ4n) is 3.04. The van der Waals surface area contributed by atoms with Crippen LogP contribution in [0, 0.1) is 0 Å². The maximum absolute atomic E-state index is 6.30. The van der Waals surface area contributed by atoms with Gasteiger partial charge in [-0.3, -0.25) is 0 Å². The van der Waals surface area contributed by atoms with E-state index in [2.05, 4.69) is 54.2 Å². The molecule has 0 aromatic heterocycles. The molecule has 3 heteroatoms.